The van der Waals surface area contributed by atoms with Crippen molar-refractivity contribution in [3.05, 3.63) is 0 Å². The van der Waals surface area contributed by atoms with Crippen molar-refractivity contribution in [3.8, 4) is 0 Å². The normalized spacial score (nSPS) is 33.8. The van der Waals surface area contributed by atoms with Crippen LogP contribution in [0.1, 0.15) is 38.5 Å². The van der Waals surface area contributed by atoms with E-state index in [0.29, 0.717) is 0 Å². The molecule has 0 bridgehead atoms. The van der Waals surface area contributed by atoms with E-state index < -0.39 is 0 Å². The number of aliphatic hydroxyl groups excluding tert-OH is 1. The fraction of sp³-hybridized carbons (Fsp3) is 1.00. The Kier molecular flexibility index (Phi) is 5.05. The lowest BCUT2D eigenvalue weighted by Crippen LogP contribution is -2.47. The molecule has 0 radical (unpaired) electrons. The monoisotopic (exact) mass is 254 g/mol. The van der Waals surface area contributed by atoms with E-state index in [9.17, 15) is 5.11 Å². The lowest BCUT2D eigenvalue weighted by Gasteiger charge is -2.43. The van der Waals surface area contributed by atoms with Gasteiger partial charge in [0, 0.05) is 6.04 Å². The van der Waals surface area contributed by atoms with Crippen molar-refractivity contribution >= 4 is 0 Å². The van der Waals surface area contributed by atoms with Crippen LogP contribution < -0.4 is 0 Å². The van der Waals surface area contributed by atoms with E-state index in [2.05, 4.69) is 30.9 Å². The topological polar surface area (TPSA) is 26.7 Å². The zero-order valence-electron chi connectivity index (χ0n) is 12.3. The molecule has 0 spiro atoms. The van der Waals surface area contributed by atoms with E-state index in [1.165, 1.54) is 38.8 Å². The first-order chi connectivity index (χ1) is 8.58. The van der Waals surface area contributed by atoms with Gasteiger partial charge in [-0.25, -0.2) is 0 Å². The molecule has 1 atom stereocenters. The van der Waals surface area contributed by atoms with Crippen molar-refractivity contribution in [2.75, 3.05) is 34.2 Å². The Morgan fingerprint density at radius 3 is 1.94 bits per heavy atom. The molecule has 0 aromatic heterocycles. The fourth-order valence-corrected chi connectivity index (χ4v) is 4.04. The summed E-state index contributed by atoms with van der Waals surface area (Å²) < 4.78 is 0. The molecular formula is C15H30N2O. The molecule has 106 valence electrons. The van der Waals surface area contributed by atoms with Crippen LogP contribution in [0.2, 0.25) is 0 Å². The molecule has 2 rings (SSSR count). The Morgan fingerprint density at radius 2 is 1.44 bits per heavy atom. The Hall–Kier alpha value is -0.120. The fourth-order valence-electron chi connectivity index (χ4n) is 4.04. The van der Waals surface area contributed by atoms with Gasteiger partial charge in [-0.05, 0) is 84.6 Å². The third kappa shape index (κ3) is 3.46. The molecule has 18 heavy (non-hydrogen) atoms. The van der Waals surface area contributed by atoms with Gasteiger partial charge in [-0.3, -0.25) is 0 Å². The summed E-state index contributed by atoms with van der Waals surface area (Å²) in [5.41, 5.74) is 0. The molecule has 1 saturated carbocycles. The Labute approximate surface area is 112 Å². The highest BCUT2D eigenvalue weighted by Gasteiger charge is 2.34. The van der Waals surface area contributed by atoms with Crippen molar-refractivity contribution in [2.45, 2.75) is 50.7 Å². The van der Waals surface area contributed by atoms with Crippen LogP contribution >= 0.6 is 0 Å². The van der Waals surface area contributed by atoms with Crippen molar-refractivity contribution in [1.82, 2.24) is 9.80 Å². The third-order valence-corrected chi connectivity index (χ3v) is 5.07. The average molecular weight is 254 g/mol. The summed E-state index contributed by atoms with van der Waals surface area (Å²) in [5, 5.41) is 9.67. The highest BCUT2D eigenvalue weighted by atomic mass is 16.3. The summed E-state index contributed by atoms with van der Waals surface area (Å²) in [6.07, 6.45) is 7.13. The van der Waals surface area contributed by atoms with Gasteiger partial charge in [0.15, 0.2) is 0 Å². The minimum Gasteiger partial charge on any atom is -0.393 e. The second-order valence-corrected chi connectivity index (χ2v) is 6.66. The van der Waals surface area contributed by atoms with Crippen molar-refractivity contribution < 1.29 is 5.11 Å². The molecule has 1 unspecified atom stereocenters. The summed E-state index contributed by atoms with van der Waals surface area (Å²) in [6, 6.07) is 0.728. The summed E-state index contributed by atoms with van der Waals surface area (Å²) in [5.74, 6) is 1.66. The zero-order valence-corrected chi connectivity index (χ0v) is 12.3. The number of likely N-dealkylation sites (tertiary alicyclic amines) is 1. The summed E-state index contributed by atoms with van der Waals surface area (Å²) in [6.45, 7) is 2.51. The van der Waals surface area contributed by atoms with Gasteiger partial charge in [-0.1, -0.05) is 0 Å². The third-order valence-electron chi connectivity index (χ3n) is 5.07. The van der Waals surface area contributed by atoms with Crippen LogP contribution in [-0.4, -0.2) is 61.3 Å². The predicted octanol–water partition coefficient (Wildman–Crippen LogP) is 1.81. The number of aliphatic hydroxyl groups is 1. The lowest BCUT2D eigenvalue weighted by atomic mass is 9.74. The molecule has 1 aliphatic carbocycles. The molecule has 0 amide bonds. The summed E-state index contributed by atoms with van der Waals surface area (Å²) >= 11 is 0. The van der Waals surface area contributed by atoms with Crippen LogP contribution in [0.15, 0.2) is 0 Å². The predicted molar refractivity (Wildman–Crippen MR) is 75.7 cm³/mol. The quantitative estimate of drug-likeness (QED) is 0.832. The van der Waals surface area contributed by atoms with Gasteiger partial charge < -0.3 is 14.9 Å². The number of hydrogen-bond donors (Lipinski definition) is 1. The molecule has 2 fully saturated rings. The van der Waals surface area contributed by atoms with Gasteiger partial charge >= 0.3 is 0 Å². The maximum atomic E-state index is 9.67. The van der Waals surface area contributed by atoms with Crippen LogP contribution in [0.4, 0.5) is 0 Å². The first-order valence-corrected chi connectivity index (χ1v) is 7.61. The van der Waals surface area contributed by atoms with E-state index in [-0.39, 0.29) is 6.10 Å². The zero-order chi connectivity index (χ0) is 13.1. The maximum absolute atomic E-state index is 9.67. The van der Waals surface area contributed by atoms with Crippen LogP contribution in [0.5, 0.6) is 0 Å². The van der Waals surface area contributed by atoms with E-state index >= 15 is 0 Å². The second kappa shape index (κ2) is 6.36. The molecule has 0 aromatic rings. The highest BCUT2D eigenvalue weighted by Crippen LogP contribution is 2.35. The van der Waals surface area contributed by atoms with Gasteiger partial charge in [-0.2, -0.15) is 0 Å². The van der Waals surface area contributed by atoms with E-state index in [0.717, 1.165) is 30.7 Å². The molecule has 1 saturated heterocycles. The van der Waals surface area contributed by atoms with Crippen LogP contribution in [0, 0.1) is 11.8 Å². The van der Waals surface area contributed by atoms with Gasteiger partial charge in [-0.15, -0.1) is 0 Å². The molecule has 1 heterocycles. The first-order valence-electron chi connectivity index (χ1n) is 7.61. The lowest BCUT2D eigenvalue weighted by molar-refractivity contribution is 0.0403. The second-order valence-electron chi connectivity index (χ2n) is 6.66. The minimum atomic E-state index is -0.0263. The molecule has 1 aliphatic heterocycles. The average Bonchev–Trinajstić information content (AvgIpc) is 2.34. The minimum absolute atomic E-state index is 0.0263. The Bertz CT molecular complexity index is 219. The standard InChI is InChI=1S/C15H30N2O/c1-16(2)15(12-4-6-14(18)7-5-12)13-8-10-17(3)11-9-13/h12-15,18H,4-11H2,1-3H3. The maximum Gasteiger partial charge on any atom is 0.0540 e. The van der Waals surface area contributed by atoms with Crippen LogP contribution in [0.3, 0.4) is 0 Å². The largest absolute Gasteiger partial charge is 0.393 e. The van der Waals surface area contributed by atoms with Gasteiger partial charge in [0.25, 0.3) is 0 Å². The van der Waals surface area contributed by atoms with Crippen LogP contribution in [0.25, 0.3) is 0 Å². The van der Waals surface area contributed by atoms with Crippen LogP contribution in [-0.2, 0) is 0 Å². The molecule has 2 aliphatic rings. The summed E-state index contributed by atoms with van der Waals surface area (Å²) in [7, 11) is 6.72. The van der Waals surface area contributed by atoms with E-state index in [1.54, 1.807) is 0 Å². The summed E-state index contributed by atoms with van der Waals surface area (Å²) in [4.78, 5) is 4.91. The molecule has 3 heteroatoms. The van der Waals surface area contributed by atoms with Crippen molar-refractivity contribution in [1.29, 1.82) is 0 Å². The number of piperidine rings is 1. The van der Waals surface area contributed by atoms with Gasteiger partial charge in [0.1, 0.15) is 0 Å². The number of nitrogens with zero attached hydrogens (tertiary/aromatic N) is 2. The van der Waals surface area contributed by atoms with Crippen molar-refractivity contribution in [3.63, 3.8) is 0 Å². The number of hydrogen-bond acceptors (Lipinski definition) is 3. The Morgan fingerprint density at radius 1 is 0.944 bits per heavy atom. The number of rotatable bonds is 3. The molecule has 3 nitrogen and oxygen atoms in total. The first kappa shape index (κ1) is 14.3. The van der Waals surface area contributed by atoms with Gasteiger partial charge in [0.2, 0.25) is 0 Å². The SMILES string of the molecule is CN1CCC(C(C2CCC(O)CC2)N(C)C)CC1. The van der Waals surface area contributed by atoms with Crippen molar-refractivity contribution in [2.24, 2.45) is 11.8 Å². The molecular weight excluding hydrogens is 224 g/mol. The van der Waals surface area contributed by atoms with Gasteiger partial charge in [0.05, 0.1) is 6.10 Å². The van der Waals surface area contributed by atoms with E-state index in [1.807, 2.05) is 0 Å². The molecule has 1 N–H and O–H groups in total. The highest BCUT2D eigenvalue weighted by molar-refractivity contribution is 4.88. The van der Waals surface area contributed by atoms with E-state index in [4.69, 9.17) is 0 Å². The molecule has 0 aromatic carbocycles. The Balaban J connectivity index is 1.95. The smallest absolute Gasteiger partial charge is 0.0540 e.